The molecule has 0 saturated heterocycles. The number of carbonyl (C=O) groups excluding carboxylic acids is 2. The van der Waals surface area contributed by atoms with Crippen molar-refractivity contribution >= 4 is 46.0 Å². The number of allylic oxidation sites excluding steroid dienone is 1. The number of hydrogen-bond donors (Lipinski definition) is 1. The van der Waals surface area contributed by atoms with E-state index in [0.717, 1.165) is 24.0 Å². The Morgan fingerprint density at radius 1 is 1.02 bits per heavy atom. The highest BCUT2D eigenvalue weighted by Crippen LogP contribution is 2.43. The zero-order chi connectivity index (χ0) is 28.6. The minimum absolute atomic E-state index is 0.00415. The second-order valence-electron chi connectivity index (χ2n) is 9.34. The number of benzene rings is 3. The van der Waals surface area contributed by atoms with E-state index in [9.17, 15) is 14.7 Å². The number of unbranched alkanes of at least 4 members (excludes halogenated alkanes) is 1. The first-order valence-corrected chi connectivity index (χ1v) is 15.1. The van der Waals surface area contributed by atoms with E-state index in [1.165, 1.54) is 34.1 Å². The first-order chi connectivity index (χ1) is 20.0. The van der Waals surface area contributed by atoms with Gasteiger partial charge < -0.3 is 9.84 Å². The number of anilines is 1. The lowest BCUT2D eigenvalue weighted by atomic mass is 9.95. The van der Waals surface area contributed by atoms with E-state index in [0.29, 0.717) is 33.1 Å². The highest BCUT2D eigenvalue weighted by Gasteiger charge is 2.45. The largest absolute Gasteiger partial charge is 0.503 e. The SMILES string of the molecule is CCCCOc1ccc(C2C(C(=O)C=Cc3ccccc3)=C(O)C(=O)N2c2nnc(SCc3ccccc3)s2)cc1. The zero-order valence-electron chi connectivity index (χ0n) is 22.5. The summed E-state index contributed by atoms with van der Waals surface area (Å²) in [6.45, 7) is 2.70. The Hall–Kier alpha value is -4.21. The van der Waals surface area contributed by atoms with Crippen LogP contribution in [0.15, 0.2) is 107 Å². The Labute approximate surface area is 247 Å². The van der Waals surface area contributed by atoms with Crippen LogP contribution in [0.3, 0.4) is 0 Å². The highest BCUT2D eigenvalue weighted by molar-refractivity contribution is 8.00. The average Bonchev–Trinajstić information content (AvgIpc) is 3.58. The third-order valence-corrected chi connectivity index (χ3v) is 8.60. The summed E-state index contributed by atoms with van der Waals surface area (Å²) in [4.78, 5) is 28.3. The number of nitrogens with zero attached hydrogens (tertiary/aromatic N) is 3. The van der Waals surface area contributed by atoms with Crippen LogP contribution < -0.4 is 9.64 Å². The van der Waals surface area contributed by atoms with Crippen LogP contribution in [-0.4, -0.2) is 33.6 Å². The second-order valence-corrected chi connectivity index (χ2v) is 11.5. The molecule has 1 aliphatic rings. The van der Waals surface area contributed by atoms with Gasteiger partial charge in [0.1, 0.15) is 5.75 Å². The maximum Gasteiger partial charge on any atom is 0.296 e. The minimum atomic E-state index is -0.875. The molecule has 0 radical (unpaired) electrons. The molecule has 208 valence electrons. The number of aliphatic hydroxyl groups excluding tert-OH is 1. The number of aliphatic hydroxyl groups is 1. The van der Waals surface area contributed by atoms with Crippen molar-refractivity contribution in [1.82, 2.24) is 10.2 Å². The van der Waals surface area contributed by atoms with Crippen molar-refractivity contribution in [2.45, 2.75) is 35.9 Å². The van der Waals surface area contributed by atoms with Gasteiger partial charge in [0.05, 0.1) is 18.2 Å². The van der Waals surface area contributed by atoms with E-state index in [-0.39, 0.29) is 5.57 Å². The molecule has 1 aliphatic heterocycles. The molecule has 1 atom stereocenters. The van der Waals surface area contributed by atoms with Gasteiger partial charge >= 0.3 is 0 Å². The van der Waals surface area contributed by atoms with Crippen LogP contribution >= 0.6 is 23.1 Å². The predicted molar refractivity (Wildman–Crippen MR) is 163 cm³/mol. The van der Waals surface area contributed by atoms with E-state index in [1.54, 1.807) is 6.08 Å². The minimum Gasteiger partial charge on any atom is -0.503 e. The summed E-state index contributed by atoms with van der Waals surface area (Å²) < 4.78 is 6.48. The van der Waals surface area contributed by atoms with E-state index < -0.39 is 23.5 Å². The Kier molecular flexibility index (Phi) is 9.28. The molecule has 0 aliphatic carbocycles. The number of aromatic nitrogens is 2. The monoisotopic (exact) mass is 583 g/mol. The van der Waals surface area contributed by atoms with Crippen LogP contribution in [0.2, 0.25) is 0 Å². The van der Waals surface area contributed by atoms with Gasteiger partial charge in [0.2, 0.25) is 5.13 Å². The fourth-order valence-corrected chi connectivity index (χ4v) is 6.18. The molecule has 0 saturated carbocycles. The topological polar surface area (TPSA) is 92.6 Å². The van der Waals surface area contributed by atoms with Crippen molar-refractivity contribution in [3.8, 4) is 5.75 Å². The number of rotatable bonds is 12. The molecule has 4 aromatic rings. The lowest BCUT2D eigenvalue weighted by molar-refractivity contribution is -0.117. The number of carbonyl (C=O) groups is 2. The van der Waals surface area contributed by atoms with E-state index in [4.69, 9.17) is 4.74 Å². The summed E-state index contributed by atoms with van der Waals surface area (Å²) in [5, 5.41) is 19.9. The van der Waals surface area contributed by atoms with E-state index in [2.05, 4.69) is 17.1 Å². The van der Waals surface area contributed by atoms with Gasteiger partial charge in [-0.1, -0.05) is 115 Å². The predicted octanol–water partition coefficient (Wildman–Crippen LogP) is 7.19. The van der Waals surface area contributed by atoms with Crippen molar-refractivity contribution < 1.29 is 19.4 Å². The maximum atomic E-state index is 13.5. The molecule has 1 amide bonds. The quantitative estimate of drug-likeness (QED) is 0.0816. The lowest BCUT2D eigenvalue weighted by Gasteiger charge is -2.24. The zero-order valence-corrected chi connectivity index (χ0v) is 24.1. The normalized spacial score (nSPS) is 15.2. The summed E-state index contributed by atoms with van der Waals surface area (Å²) in [5.74, 6) is -0.346. The third-order valence-electron chi connectivity index (χ3n) is 6.47. The number of ether oxygens (including phenoxy) is 1. The molecule has 0 fully saturated rings. The first-order valence-electron chi connectivity index (χ1n) is 13.3. The molecule has 0 spiro atoms. The van der Waals surface area contributed by atoms with Crippen molar-refractivity contribution in [2.24, 2.45) is 0 Å². The third kappa shape index (κ3) is 6.75. The molecule has 9 heteroatoms. The van der Waals surface area contributed by atoms with Crippen molar-refractivity contribution in [3.05, 3.63) is 119 Å². The number of ketones is 1. The number of thioether (sulfide) groups is 1. The van der Waals surface area contributed by atoms with Crippen molar-refractivity contribution in [1.29, 1.82) is 0 Å². The van der Waals surface area contributed by atoms with Gasteiger partial charge in [-0.3, -0.25) is 14.5 Å². The molecule has 3 aromatic carbocycles. The van der Waals surface area contributed by atoms with Gasteiger partial charge in [0, 0.05) is 5.75 Å². The Morgan fingerprint density at radius 3 is 2.44 bits per heavy atom. The number of amides is 1. The van der Waals surface area contributed by atoms with Gasteiger partial charge in [0.15, 0.2) is 15.9 Å². The highest BCUT2D eigenvalue weighted by atomic mass is 32.2. The fraction of sp³-hybridized carbons (Fsp3) is 0.188. The second kappa shape index (κ2) is 13.4. The molecule has 41 heavy (non-hydrogen) atoms. The maximum absolute atomic E-state index is 13.5. The average molecular weight is 584 g/mol. The van der Waals surface area contributed by atoms with Gasteiger partial charge in [-0.2, -0.15) is 0 Å². The summed E-state index contributed by atoms with van der Waals surface area (Å²) in [5.41, 5.74) is 2.62. The molecular weight excluding hydrogens is 555 g/mol. The van der Waals surface area contributed by atoms with E-state index >= 15 is 0 Å². The van der Waals surface area contributed by atoms with Crippen LogP contribution in [0.5, 0.6) is 5.75 Å². The molecule has 1 unspecified atom stereocenters. The van der Waals surface area contributed by atoms with Crippen LogP contribution in [0, 0.1) is 0 Å². The van der Waals surface area contributed by atoms with Crippen LogP contribution in [0.4, 0.5) is 5.13 Å². The Balaban J connectivity index is 1.45. The molecule has 1 aromatic heterocycles. The van der Waals surface area contributed by atoms with E-state index in [1.807, 2.05) is 84.9 Å². The van der Waals surface area contributed by atoms with Crippen LogP contribution in [-0.2, 0) is 15.3 Å². The lowest BCUT2D eigenvalue weighted by Crippen LogP contribution is -2.30. The standard InChI is InChI=1S/C32H29N3O4S2/c1-2-3-20-39-25-17-15-24(16-18-25)28-27(26(36)19-14-22-10-6-4-7-11-22)29(37)30(38)35(28)31-33-34-32(41-31)40-21-23-12-8-5-9-13-23/h4-19,28,37H,2-3,20-21H2,1H3. The van der Waals surface area contributed by atoms with Crippen LogP contribution in [0.25, 0.3) is 6.08 Å². The van der Waals surface area contributed by atoms with Gasteiger partial charge in [-0.25, -0.2) is 0 Å². The summed E-state index contributed by atoms with van der Waals surface area (Å²) in [7, 11) is 0. The summed E-state index contributed by atoms with van der Waals surface area (Å²) in [6.07, 6.45) is 5.02. The molecular formula is C32H29N3O4S2. The molecule has 0 bridgehead atoms. The number of hydrogen-bond acceptors (Lipinski definition) is 8. The fourth-order valence-electron chi connectivity index (χ4n) is 4.35. The van der Waals surface area contributed by atoms with Gasteiger partial charge in [-0.05, 0) is 41.3 Å². The molecule has 5 rings (SSSR count). The molecule has 2 heterocycles. The summed E-state index contributed by atoms with van der Waals surface area (Å²) in [6, 6.07) is 25.7. The van der Waals surface area contributed by atoms with Gasteiger partial charge in [-0.15, -0.1) is 10.2 Å². The Bertz CT molecular complexity index is 1550. The van der Waals surface area contributed by atoms with Crippen molar-refractivity contribution in [3.63, 3.8) is 0 Å². The first kappa shape index (κ1) is 28.3. The smallest absolute Gasteiger partial charge is 0.296 e. The Morgan fingerprint density at radius 2 is 1.73 bits per heavy atom. The van der Waals surface area contributed by atoms with Crippen LogP contribution in [0.1, 0.15) is 42.5 Å². The van der Waals surface area contributed by atoms with Crippen molar-refractivity contribution in [2.75, 3.05) is 11.5 Å². The van der Waals surface area contributed by atoms with Gasteiger partial charge in [0.25, 0.3) is 5.91 Å². The summed E-state index contributed by atoms with van der Waals surface area (Å²) >= 11 is 2.76. The molecule has 7 nitrogen and oxygen atoms in total. The molecule has 1 N–H and O–H groups in total.